The van der Waals surface area contributed by atoms with Crippen molar-refractivity contribution in [3.63, 3.8) is 0 Å². The molecule has 0 saturated carbocycles. The van der Waals surface area contributed by atoms with Gasteiger partial charge in [0.25, 0.3) is 0 Å². The van der Waals surface area contributed by atoms with Crippen molar-refractivity contribution in [2.45, 2.75) is 25.0 Å². The lowest BCUT2D eigenvalue weighted by Crippen LogP contribution is -2.54. The van der Waals surface area contributed by atoms with E-state index in [1.54, 1.807) is 7.11 Å². The highest BCUT2D eigenvalue weighted by Crippen LogP contribution is 2.19. The zero-order chi connectivity index (χ0) is 7.61. The van der Waals surface area contributed by atoms with Crippen LogP contribution in [-0.4, -0.2) is 37.0 Å². The van der Waals surface area contributed by atoms with Crippen molar-refractivity contribution in [1.29, 1.82) is 0 Å². The van der Waals surface area contributed by atoms with E-state index in [1.807, 2.05) is 6.92 Å². The number of hydrogen-bond acceptors (Lipinski definition) is 3. The first-order chi connectivity index (χ1) is 4.69. The second kappa shape index (κ2) is 2.86. The topological polar surface area (TPSA) is 41.5 Å². The minimum Gasteiger partial charge on any atom is -0.390 e. The lowest BCUT2D eigenvalue weighted by molar-refractivity contribution is -0.102. The molecule has 1 aliphatic heterocycles. The lowest BCUT2D eigenvalue weighted by atomic mass is 9.93. The molecule has 10 heavy (non-hydrogen) atoms. The number of ether oxygens (including phenoxy) is 1. The summed E-state index contributed by atoms with van der Waals surface area (Å²) in [5.74, 6) is 0. The molecule has 0 aromatic carbocycles. The van der Waals surface area contributed by atoms with Crippen molar-refractivity contribution in [3.8, 4) is 0 Å². The van der Waals surface area contributed by atoms with Crippen molar-refractivity contribution in [1.82, 2.24) is 5.32 Å². The van der Waals surface area contributed by atoms with Crippen molar-refractivity contribution < 1.29 is 9.84 Å². The third-order valence-electron chi connectivity index (χ3n) is 2.24. The van der Waals surface area contributed by atoms with Gasteiger partial charge in [-0.2, -0.15) is 0 Å². The van der Waals surface area contributed by atoms with Crippen LogP contribution in [-0.2, 0) is 4.74 Å². The maximum Gasteiger partial charge on any atom is 0.103 e. The van der Waals surface area contributed by atoms with E-state index >= 15 is 0 Å². The number of piperidine rings is 1. The quantitative estimate of drug-likeness (QED) is 0.534. The van der Waals surface area contributed by atoms with Crippen molar-refractivity contribution in [2.24, 2.45) is 0 Å². The molecule has 1 saturated heterocycles. The second-order valence-electron chi connectivity index (χ2n) is 3.00. The zero-order valence-electron chi connectivity index (χ0n) is 6.55. The smallest absolute Gasteiger partial charge is 0.103 e. The van der Waals surface area contributed by atoms with E-state index < -0.39 is 0 Å². The molecule has 0 bridgehead atoms. The highest BCUT2D eigenvalue weighted by atomic mass is 16.5. The Morgan fingerprint density at radius 1 is 1.70 bits per heavy atom. The van der Waals surface area contributed by atoms with Crippen LogP contribution < -0.4 is 5.32 Å². The number of rotatable bonds is 1. The summed E-state index contributed by atoms with van der Waals surface area (Å²) in [6, 6.07) is 0. The third kappa shape index (κ3) is 1.31. The summed E-state index contributed by atoms with van der Waals surface area (Å²) in [6.07, 6.45) is 0.461. The highest BCUT2D eigenvalue weighted by Gasteiger charge is 2.34. The summed E-state index contributed by atoms with van der Waals surface area (Å²) >= 11 is 0. The molecule has 3 heteroatoms. The molecule has 1 fully saturated rings. The van der Waals surface area contributed by atoms with E-state index in [0.717, 1.165) is 19.5 Å². The molecule has 0 spiro atoms. The first-order valence-electron chi connectivity index (χ1n) is 3.63. The first-order valence-corrected chi connectivity index (χ1v) is 3.63. The Bertz CT molecular complexity index is 118. The van der Waals surface area contributed by atoms with Gasteiger partial charge in [-0.15, -0.1) is 0 Å². The van der Waals surface area contributed by atoms with Crippen LogP contribution in [0.4, 0.5) is 0 Å². The summed E-state index contributed by atoms with van der Waals surface area (Å²) in [4.78, 5) is 0. The molecule has 0 aromatic rings. The molecule has 2 N–H and O–H groups in total. The van der Waals surface area contributed by atoms with E-state index in [4.69, 9.17) is 4.74 Å². The molecule has 0 radical (unpaired) electrons. The SMILES string of the molecule is CO[C@@]1(C)CNCC[C@H]1O. The number of hydrogen-bond donors (Lipinski definition) is 2. The number of nitrogens with one attached hydrogen (secondary N) is 1. The molecule has 2 atom stereocenters. The average molecular weight is 145 g/mol. The Morgan fingerprint density at radius 3 is 2.80 bits per heavy atom. The molecular formula is C7H15NO2. The standard InChI is InChI=1S/C7H15NO2/c1-7(10-2)5-8-4-3-6(7)9/h6,8-9H,3-5H2,1-2H3/t6-,7+/m1/s1. The second-order valence-corrected chi connectivity index (χ2v) is 3.00. The van der Waals surface area contributed by atoms with Gasteiger partial charge in [0.1, 0.15) is 5.60 Å². The van der Waals surface area contributed by atoms with Crippen molar-refractivity contribution in [3.05, 3.63) is 0 Å². The van der Waals surface area contributed by atoms with E-state index in [1.165, 1.54) is 0 Å². The summed E-state index contributed by atoms with van der Waals surface area (Å²) in [7, 11) is 1.64. The molecule has 3 nitrogen and oxygen atoms in total. The van der Waals surface area contributed by atoms with Crippen LogP contribution in [0.15, 0.2) is 0 Å². The van der Waals surface area contributed by atoms with Crippen LogP contribution in [0, 0.1) is 0 Å². The van der Waals surface area contributed by atoms with E-state index in [2.05, 4.69) is 5.32 Å². The molecule has 1 aliphatic rings. The Morgan fingerprint density at radius 2 is 2.40 bits per heavy atom. The molecule has 0 amide bonds. The van der Waals surface area contributed by atoms with Gasteiger partial charge in [-0.05, 0) is 19.9 Å². The molecule has 0 unspecified atom stereocenters. The summed E-state index contributed by atoms with van der Waals surface area (Å²) in [5, 5.41) is 12.6. The van der Waals surface area contributed by atoms with Gasteiger partial charge in [0.2, 0.25) is 0 Å². The molecule has 1 heterocycles. The maximum absolute atomic E-state index is 9.46. The van der Waals surface area contributed by atoms with Gasteiger partial charge in [0, 0.05) is 13.7 Å². The Kier molecular flexibility index (Phi) is 2.28. The number of aliphatic hydroxyl groups excluding tert-OH is 1. The Balaban J connectivity index is 2.54. The van der Waals surface area contributed by atoms with Gasteiger partial charge >= 0.3 is 0 Å². The molecule has 0 aromatic heterocycles. The monoisotopic (exact) mass is 145 g/mol. The predicted molar refractivity (Wildman–Crippen MR) is 38.9 cm³/mol. The lowest BCUT2D eigenvalue weighted by Gasteiger charge is -2.37. The van der Waals surface area contributed by atoms with Gasteiger partial charge in [-0.1, -0.05) is 0 Å². The van der Waals surface area contributed by atoms with Crippen LogP contribution in [0.25, 0.3) is 0 Å². The molecule has 60 valence electrons. The average Bonchev–Trinajstić information content (AvgIpc) is 1.96. The van der Waals surface area contributed by atoms with Crippen molar-refractivity contribution in [2.75, 3.05) is 20.2 Å². The third-order valence-corrected chi connectivity index (χ3v) is 2.24. The van der Waals surface area contributed by atoms with E-state index in [0.29, 0.717) is 0 Å². The van der Waals surface area contributed by atoms with Gasteiger partial charge in [-0.3, -0.25) is 0 Å². The minimum atomic E-state index is -0.377. The molecular weight excluding hydrogens is 130 g/mol. The van der Waals surface area contributed by atoms with Crippen LogP contribution >= 0.6 is 0 Å². The molecule has 0 aliphatic carbocycles. The number of aliphatic hydroxyl groups is 1. The Hall–Kier alpha value is -0.120. The van der Waals surface area contributed by atoms with Crippen LogP contribution in [0.1, 0.15) is 13.3 Å². The fourth-order valence-electron chi connectivity index (χ4n) is 1.21. The van der Waals surface area contributed by atoms with E-state index in [9.17, 15) is 5.11 Å². The van der Waals surface area contributed by atoms with Crippen molar-refractivity contribution >= 4 is 0 Å². The van der Waals surface area contributed by atoms with Gasteiger partial charge < -0.3 is 15.2 Å². The van der Waals surface area contributed by atoms with E-state index in [-0.39, 0.29) is 11.7 Å². The Labute approximate surface area is 61.4 Å². The summed E-state index contributed by atoms with van der Waals surface area (Å²) < 4.78 is 5.18. The minimum absolute atomic E-state index is 0.321. The largest absolute Gasteiger partial charge is 0.390 e. The van der Waals surface area contributed by atoms with Crippen LogP contribution in [0.2, 0.25) is 0 Å². The highest BCUT2D eigenvalue weighted by molar-refractivity contribution is 4.89. The molecule has 1 rings (SSSR count). The predicted octanol–water partition coefficient (Wildman–Crippen LogP) is -0.254. The van der Waals surface area contributed by atoms with Crippen LogP contribution in [0.3, 0.4) is 0 Å². The van der Waals surface area contributed by atoms with Gasteiger partial charge in [-0.25, -0.2) is 0 Å². The summed E-state index contributed by atoms with van der Waals surface area (Å²) in [6.45, 7) is 3.55. The normalized spacial score (nSPS) is 41.7. The van der Waals surface area contributed by atoms with Gasteiger partial charge in [0.05, 0.1) is 6.10 Å². The van der Waals surface area contributed by atoms with Gasteiger partial charge in [0.15, 0.2) is 0 Å². The first kappa shape index (κ1) is 7.98. The summed E-state index contributed by atoms with van der Waals surface area (Å²) in [5.41, 5.74) is -0.377. The number of methoxy groups -OCH3 is 1. The fourth-order valence-corrected chi connectivity index (χ4v) is 1.21. The van der Waals surface area contributed by atoms with Crippen LogP contribution in [0.5, 0.6) is 0 Å². The fraction of sp³-hybridized carbons (Fsp3) is 1.00. The maximum atomic E-state index is 9.46. The zero-order valence-corrected chi connectivity index (χ0v) is 6.55.